The van der Waals surface area contributed by atoms with E-state index in [1.165, 1.54) is 6.07 Å². The van der Waals surface area contributed by atoms with Crippen LogP contribution in [0.1, 0.15) is 33.0 Å². The molecule has 1 heterocycles. The number of halogens is 1. The fourth-order valence-electron chi connectivity index (χ4n) is 2.60. The average Bonchev–Trinajstić information content (AvgIpc) is 2.43. The highest BCUT2D eigenvalue weighted by Gasteiger charge is 2.16. The quantitative estimate of drug-likeness (QED) is 0.882. The predicted octanol–water partition coefficient (Wildman–Crippen LogP) is 3.73. The summed E-state index contributed by atoms with van der Waals surface area (Å²) < 4.78 is 20.0. The lowest BCUT2D eigenvalue weighted by Crippen LogP contribution is -2.35. The van der Waals surface area contributed by atoms with Gasteiger partial charge in [-0.3, -0.25) is 0 Å². The minimum Gasteiger partial charge on any atom is -0.493 e. The van der Waals surface area contributed by atoms with E-state index in [4.69, 9.17) is 10.5 Å². The SMILES string of the molecule is Cc1nccc(-c2ccc(OC[C@@H](C)CC(C)(C)N)cc2F)n1. The molecule has 2 N–H and O–H groups in total. The maximum atomic E-state index is 14.3. The number of aromatic nitrogens is 2. The van der Waals surface area contributed by atoms with Gasteiger partial charge in [0.2, 0.25) is 0 Å². The van der Waals surface area contributed by atoms with Crippen molar-refractivity contribution in [3.8, 4) is 17.0 Å². The summed E-state index contributed by atoms with van der Waals surface area (Å²) in [5.74, 6) is 1.06. The zero-order chi connectivity index (χ0) is 17.0. The maximum absolute atomic E-state index is 14.3. The molecule has 2 rings (SSSR count). The first-order chi connectivity index (χ1) is 10.7. The minimum atomic E-state index is -0.354. The minimum absolute atomic E-state index is 0.233. The molecule has 0 bridgehead atoms. The molecule has 0 aliphatic rings. The molecule has 23 heavy (non-hydrogen) atoms. The van der Waals surface area contributed by atoms with Crippen LogP contribution >= 0.6 is 0 Å². The molecule has 1 aromatic carbocycles. The van der Waals surface area contributed by atoms with Gasteiger partial charge in [-0.2, -0.15) is 0 Å². The Kier molecular flexibility index (Phi) is 5.31. The Morgan fingerprint density at radius 2 is 2.04 bits per heavy atom. The molecule has 4 nitrogen and oxygen atoms in total. The van der Waals surface area contributed by atoms with Gasteiger partial charge in [0.15, 0.2) is 0 Å². The average molecular weight is 317 g/mol. The number of nitrogens with zero attached hydrogens (tertiary/aromatic N) is 2. The molecule has 124 valence electrons. The van der Waals surface area contributed by atoms with Gasteiger partial charge in [0.1, 0.15) is 17.4 Å². The van der Waals surface area contributed by atoms with E-state index in [0.29, 0.717) is 35.4 Å². The van der Waals surface area contributed by atoms with Crippen molar-refractivity contribution in [1.82, 2.24) is 9.97 Å². The summed E-state index contributed by atoms with van der Waals surface area (Å²) >= 11 is 0. The summed E-state index contributed by atoms with van der Waals surface area (Å²) in [7, 11) is 0. The second kappa shape index (κ2) is 7.04. The van der Waals surface area contributed by atoms with E-state index in [0.717, 1.165) is 6.42 Å². The van der Waals surface area contributed by atoms with E-state index in [9.17, 15) is 4.39 Å². The van der Waals surface area contributed by atoms with E-state index in [2.05, 4.69) is 16.9 Å². The molecule has 0 unspecified atom stereocenters. The van der Waals surface area contributed by atoms with Crippen LogP contribution in [0.4, 0.5) is 4.39 Å². The molecule has 0 fully saturated rings. The van der Waals surface area contributed by atoms with Crippen molar-refractivity contribution in [2.24, 2.45) is 11.7 Å². The summed E-state index contributed by atoms with van der Waals surface area (Å²) in [5, 5.41) is 0. The normalized spacial score (nSPS) is 13.0. The number of benzene rings is 1. The number of ether oxygens (including phenoxy) is 1. The molecule has 0 saturated carbocycles. The van der Waals surface area contributed by atoms with Crippen molar-refractivity contribution in [3.05, 3.63) is 42.1 Å². The van der Waals surface area contributed by atoms with Crippen molar-refractivity contribution in [3.63, 3.8) is 0 Å². The van der Waals surface area contributed by atoms with Gasteiger partial charge < -0.3 is 10.5 Å². The molecule has 5 heteroatoms. The van der Waals surface area contributed by atoms with Crippen LogP contribution < -0.4 is 10.5 Å². The van der Waals surface area contributed by atoms with Crippen LogP contribution in [0.15, 0.2) is 30.5 Å². The second-order valence-electron chi connectivity index (χ2n) is 6.74. The number of hydrogen-bond donors (Lipinski definition) is 1. The third kappa shape index (κ3) is 5.28. The zero-order valence-corrected chi connectivity index (χ0v) is 14.1. The van der Waals surface area contributed by atoms with E-state index in [1.807, 2.05) is 13.8 Å². The molecule has 0 aliphatic carbocycles. The Morgan fingerprint density at radius 3 is 2.65 bits per heavy atom. The van der Waals surface area contributed by atoms with Gasteiger partial charge in [0.05, 0.1) is 12.3 Å². The van der Waals surface area contributed by atoms with Crippen LogP contribution in [0.3, 0.4) is 0 Å². The van der Waals surface area contributed by atoms with Crippen molar-refractivity contribution in [2.45, 2.75) is 39.7 Å². The zero-order valence-electron chi connectivity index (χ0n) is 14.1. The van der Waals surface area contributed by atoms with Gasteiger partial charge in [-0.15, -0.1) is 0 Å². The summed E-state index contributed by atoms with van der Waals surface area (Å²) in [5.41, 5.74) is 6.78. The van der Waals surface area contributed by atoms with Gasteiger partial charge >= 0.3 is 0 Å². The van der Waals surface area contributed by atoms with Gasteiger partial charge in [0, 0.05) is 23.4 Å². The molecule has 0 spiro atoms. The number of nitrogens with two attached hydrogens (primary N) is 1. The summed E-state index contributed by atoms with van der Waals surface area (Å²) in [6.45, 7) is 8.33. The first kappa shape index (κ1) is 17.3. The topological polar surface area (TPSA) is 61.0 Å². The van der Waals surface area contributed by atoms with Gasteiger partial charge in [-0.25, -0.2) is 14.4 Å². The molecule has 2 aromatic rings. The fourth-order valence-corrected chi connectivity index (χ4v) is 2.60. The van der Waals surface area contributed by atoms with E-state index in [-0.39, 0.29) is 11.4 Å². The van der Waals surface area contributed by atoms with Crippen LogP contribution in [-0.4, -0.2) is 22.1 Å². The number of hydrogen-bond acceptors (Lipinski definition) is 4. The van der Waals surface area contributed by atoms with Crippen LogP contribution in [0.5, 0.6) is 5.75 Å². The van der Waals surface area contributed by atoms with Crippen LogP contribution in [0.25, 0.3) is 11.3 Å². The highest BCUT2D eigenvalue weighted by Crippen LogP contribution is 2.25. The van der Waals surface area contributed by atoms with E-state index >= 15 is 0 Å². The van der Waals surface area contributed by atoms with Crippen molar-refractivity contribution >= 4 is 0 Å². The highest BCUT2D eigenvalue weighted by molar-refractivity contribution is 5.60. The Balaban J connectivity index is 2.05. The maximum Gasteiger partial charge on any atom is 0.136 e. The summed E-state index contributed by atoms with van der Waals surface area (Å²) in [6.07, 6.45) is 2.46. The van der Waals surface area contributed by atoms with Crippen LogP contribution in [0, 0.1) is 18.7 Å². The molecule has 1 atom stereocenters. The van der Waals surface area contributed by atoms with Crippen molar-refractivity contribution in [1.29, 1.82) is 0 Å². The standard InChI is InChI=1S/C18H24FN3O/c1-12(10-18(3,4)20)11-23-14-5-6-15(16(19)9-14)17-7-8-21-13(2)22-17/h5-9,12H,10-11,20H2,1-4H3/t12-/m0/s1. The Labute approximate surface area is 136 Å². The Hall–Kier alpha value is -2.01. The molecule has 0 saturated heterocycles. The number of rotatable bonds is 6. The molecular formula is C18H24FN3O. The molecule has 1 aromatic heterocycles. The predicted molar refractivity (Wildman–Crippen MR) is 89.7 cm³/mol. The van der Waals surface area contributed by atoms with Crippen LogP contribution in [-0.2, 0) is 0 Å². The second-order valence-corrected chi connectivity index (χ2v) is 6.74. The van der Waals surface area contributed by atoms with Crippen LogP contribution in [0.2, 0.25) is 0 Å². The Bertz CT molecular complexity index is 668. The van der Waals surface area contributed by atoms with Crippen molar-refractivity contribution < 1.29 is 9.13 Å². The van der Waals surface area contributed by atoms with Gasteiger partial charge in [0.25, 0.3) is 0 Å². The summed E-state index contributed by atoms with van der Waals surface area (Å²) in [4.78, 5) is 8.26. The lowest BCUT2D eigenvalue weighted by molar-refractivity contribution is 0.228. The first-order valence-electron chi connectivity index (χ1n) is 7.76. The molecular weight excluding hydrogens is 293 g/mol. The monoisotopic (exact) mass is 317 g/mol. The first-order valence-corrected chi connectivity index (χ1v) is 7.76. The largest absolute Gasteiger partial charge is 0.493 e. The Morgan fingerprint density at radius 1 is 1.30 bits per heavy atom. The fraction of sp³-hybridized carbons (Fsp3) is 0.444. The van der Waals surface area contributed by atoms with E-state index < -0.39 is 0 Å². The molecule has 0 amide bonds. The highest BCUT2D eigenvalue weighted by atomic mass is 19.1. The lowest BCUT2D eigenvalue weighted by atomic mass is 9.93. The van der Waals surface area contributed by atoms with Gasteiger partial charge in [-0.1, -0.05) is 6.92 Å². The molecule has 0 aliphatic heterocycles. The lowest BCUT2D eigenvalue weighted by Gasteiger charge is -2.23. The number of aryl methyl sites for hydroxylation is 1. The van der Waals surface area contributed by atoms with Gasteiger partial charge in [-0.05, 0) is 51.3 Å². The van der Waals surface area contributed by atoms with Crippen molar-refractivity contribution in [2.75, 3.05) is 6.61 Å². The summed E-state index contributed by atoms with van der Waals surface area (Å²) in [6, 6.07) is 6.53. The third-order valence-electron chi connectivity index (χ3n) is 3.40. The van der Waals surface area contributed by atoms with E-state index in [1.54, 1.807) is 31.3 Å². The smallest absolute Gasteiger partial charge is 0.136 e. The molecule has 0 radical (unpaired) electrons. The third-order valence-corrected chi connectivity index (χ3v) is 3.40.